The third kappa shape index (κ3) is 6.31. The maximum atomic E-state index is 8.30. The highest BCUT2D eigenvalue weighted by atomic mass is 31.2. The van der Waals surface area contributed by atoms with E-state index in [4.69, 9.17) is 9.79 Å². The Morgan fingerprint density at radius 1 is 1.43 bits per heavy atom. The van der Waals surface area contributed by atoms with Crippen molar-refractivity contribution in [3.8, 4) is 0 Å². The third-order valence-corrected chi connectivity index (χ3v) is 1.23. The van der Waals surface area contributed by atoms with Gasteiger partial charge in [-0.15, -0.1) is 0 Å². The van der Waals surface area contributed by atoms with E-state index < -0.39 is 8.38 Å². The van der Waals surface area contributed by atoms with Crippen LogP contribution in [0.5, 0.6) is 0 Å². The molecule has 0 bridgehead atoms. The predicted octanol–water partition coefficient (Wildman–Crippen LogP) is -0.198. The van der Waals surface area contributed by atoms with Gasteiger partial charge in [-0.3, -0.25) is 0 Å². The molecule has 0 aliphatic heterocycles. The van der Waals surface area contributed by atoms with Crippen molar-refractivity contribution in [2.75, 3.05) is 20.4 Å². The molecule has 0 aliphatic rings. The normalized spacial score (nSPS) is 11.1. The van der Waals surface area contributed by atoms with Crippen molar-refractivity contribution < 1.29 is 9.79 Å². The quantitative estimate of drug-likeness (QED) is 0.500. The molecule has 44 valence electrons. The van der Waals surface area contributed by atoms with Gasteiger partial charge in [0.1, 0.15) is 0 Å². The first-order chi connectivity index (χ1) is 3.13. The first kappa shape index (κ1) is 7.31. The van der Waals surface area contributed by atoms with Gasteiger partial charge < -0.3 is 14.7 Å². The number of nitrogens with zero attached hydrogens (tertiary/aromatic N) is 1. The number of rotatable bonds is 2. The molecule has 4 heteroatoms. The Kier molecular flexibility index (Phi) is 3.48. The fourth-order valence-electron chi connectivity index (χ4n) is 0.253. The lowest BCUT2D eigenvalue weighted by atomic mass is 11.0. The van der Waals surface area contributed by atoms with Gasteiger partial charge in [0.05, 0.1) is 6.29 Å². The smallest absolute Gasteiger partial charge is 0.180 e. The molecule has 0 aromatic rings. The molecule has 0 aliphatic carbocycles. The van der Waals surface area contributed by atoms with Gasteiger partial charge in [0, 0.05) is 0 Å². The monoisotopic (exact) mass is 123 g/mol. The fraction of sp³-hybridized carbons (Fsp3) is 1.00. The summed E-state index contributed by atoms with van der Waals surface area (Å²) in [5, 5.41) is 0. The highest BCUT2D eigenvalue weighted by Crippen LogP contribution is 2.21. The van der Waals surface area contributed by atoms with Gasteiger partial charge in [-0.05, 0) is 14.1 Å². The van der Waals surface area contributed by atoms with E-state index in [1.165, 1.54) is 0 Å². The summed E-state index contributed by atoms with van der Waals surface area (Å²) in [5.74, 6) is 0. The zero-order valence-corrected chi connectivity index (χ0v) is 5.39. The van der Waals surface area contributed by atoms with Crippen LogP contribution in [0, 0.1) is 0 Å². The second-order valence-electron chi connectivity index (χ2n) is 1.59. The van der Waals surface area contributed by atoms with Crippen LogP contribution in [0.3, 0.4) is 0 Å². The SMILES string of the molecule is CN(C)CP(O)O. The van der Waals surface area contributed by atoms with E-state index in [1.54, 1.807) is 19.0 Å². The summed E-state index contributed by atoms with van der Waals surface area (Å²) in [6, 6.07) is 0. The molecule has 0 saturated heterocycles. The third-order valence-electron chi connectivity index (χ3n) is 0.409. The minimum absolute atomic E-state index is 0.370. The molecule has 0 rings (SSSR count). The standard InChI is InChI=1S/C3H10NO2P/c1-4(2)3-7(5)6/h5-6H,3H2,1-2H3. The molecular weight excluding hydrogens is 113 g/mol. The lowest BCUT2D eigenvalue weighted by Gasteiger charge is -2.08. The van der Waals surface area contributed by atoms with Crippen LogP contribution in [0.2, 0.25) is 0 Å². The topological polar surface area (TPSA) is 43.7 Å². The van der Waals surface area contributed by atoms with Gasteiger partial charge in [0.15, 0.2) is 8.38 Å². The average Bonchev–Trinajstić information content (AvgIpc) is 1.27. The molecule has 3 nitrogen and oxygen atoms in total. The molecular formula is C3H10NO2P. The molecule has 0 spiro atoms. The van der Waals surface area contributed by atoms with Crippen LogP contribution in [-0.2, 0) is 0 Å². The van der Waals surface area contributed by atoms with E-state index in [0.717, 1.165) is 0 Å². The summed E-state index contributed by atoms with van der Waals surface area (Å²) in [4.78, 5) is 18.3. The molecule has 0 amide bonds. The second-order valence-corrected chi connectivity index (χ2v) is 2.62. The van der Waals surface area contributed by atoms with Crippen LogP contribution in [0.1, 0.15) is 0 Å². The van der Waals surface area contributed by atoms with Crippen LogP contribution in [0.15, 0.2) is 0 Å². The Hall–Kier alpha value is 0.310. The van der Waals surface area contributed by atoms with E-state index in [0.29, 0.717) is 6.29 Å². The Bertz CT molecular complexity index is 42.2. The summed E-state index contributed by atoms with van der Waals surface area (Å²) in [5.41, 5.74) is 0. The van der Waals surface area contributed by atoms with Crippen LogP contribution in [0.25, 0.3) is 0 Å². The molecule has 0 saturated carbocycles. The highest BCUT2D eigenvalue weighted by Gasteiger charge is 1.96. The van der Waals surface area contributed by atoms with E-state index in [-0.39, 0.29) is 0 Å². The molecule has 0 fully saturated rings. The van der Waals surface area contributed by atoms with Crippen LogP contribution in [0.4, 0.5) is 0 Å². The highest BCUT2D eigenvalue weighted by molar-refractivity contribution is 7.44. The zero-order chi connectivity index (χ0) is 5.86. The van der Waals surface area contributed by atoms with Gasteiger partial charge in [0.2, 0.25) is 0 Å². The minimum Gasteiger partial charge on any atom is -0.349 e. The summed E-state index contributed by atoms with van der Waals surface area (Å²) < 4.78 is 0. The van der Waals surface area contributed by atoms with Gasteiger partial charge in [-0.25, -0.2) is 0 Å². The largest absolute Gasteiger partial charge is 0.349 e. The maximum Gasteiger partial charge on any atom is 0.180 e. The van der Waals surface area contributed by atoms with Crippen LogP contribution < -0.4 is 0 Å². The second kappa shape index (κ2) is 3.33. The van der Waals surface area contributed by atoms with Crippen LogP contribution in [-0.4, -0.2) is 35.1 Å². The Morgan fingerprint density at radius 2 is 1.86 bits per heavy atom. The average molecular weight is 123 g/mol. The van der Waals surface area contributed by atoms with E-state index in [9.17, 15) is 0 Å². The van der Waals surface area contributed by atoms with Crippen molar-refractivity contribution in [3.63, 3.8) is 0 Å². The Labute approximate surface area is 44.5 Å². The van der Waals surface area contributed by atoms with Crippen molar-refractivity contribution in [3.05, 3.63) is 0 Å². The van der Waals surface area contributed by atoms with Gasteiger partial charge in [0.25, 0.3) is 0 Å². The van der Waals surface area contributed by atoms with Crippen molar-refractivity contribution >= 4 is 8.38 Å². The molecule has 2 N–H and O–H groups in total. The maximum absolute atomic E-state index is 8.30. The summed E-state index contributed by atoms with van der Waals surface area (Å²) in [6.07, 6.45) is 0.370. The molecule has 0 unspecified atom stereocenters. The number of hydrogen-bond donors (Lipinski definition) is 2. The lowest BCUT2D eigenvalue weighted by molar-refractivity contribution is 0.412. The Morgan fingerprint density at radius 3 is 1.86 bits per heavy atom. The fourth-order valence-corrected chi connectivity index (χ4v) is 0.759. The Balaban J connectivity index is 2.95. The van der Waals surface area contributed by atoms with Crippen LogP contribution >= 0.6 is 8.38 Å². The zero-order valence-electron chi connectivity index (χ0n) is 4.50. The first-order valence-corrected chi connectivity index (χ1v) is 3.36. The minimum atomic E-state index is -1.71. The summed E-state index contributed by atoms with van der Waals surface area (Å²) in [7, 11) is 1.87. The predicted molar refractivity (Wildman–Crippen MR) is 29.9 cm³/mol. The first-order valence-electron chi connectivity index (χ1n) is 1.93. The molecule has 0 heterocycles. The molecule has 0 radical (unpaired) electrons. The summed E-state index contributed by atoms with van der Waals surface area (Å²) in [6.45, 7) is 0. The number of hydrogen-bond acceptors (Lipinski definition) is 3. The molecule has 0 atom stereocenters. The van der Waals surface area contributed by atoms with Crippen molar-refractivity contribution in [2.24, 2.45) is 0 Å². The lowest BCUT2D eigenvalue weighted by Crippen LogP contribution is -2.10. The van der Waals surface area contributed by atoms with E-state index >= 15 is 0 Å². The van der Waals surface area contributed by atoms with E-state index in [2.05, 4.69) is 0 Å². The van der Waals surface area contributed by atoms with Gasteiger partial charge >= 0.3 is 0 Å². The van der Waals surface area contributed by atoms with Crippen molar-refractivity contribution in [1.82, 2.24) is 4.90 Å². The van der Waals surface area contributed by atoms with Crippen molar-refractivity contribution in [2.45, 2.75) is 0 Å². The van der Waals surface area contributed by atoms with Gasteiger partial charge in [-0.2, -0.15) is 0 Å². The van der Waals surface area contributed by atoms with E-state index in [1.807, 2.05) is 0 Å². The van der Waals surface area contributed by atoms with Gasteiger partial charge in [-0.1, -0.05) is 0 Å². The summed E-state index contributed by atoms with van der Waals surface area (Å²) >= 11 is 0. The molecule has 0 aromatic carbocycles. The molecule has 0 aromatic heterocycles. The van der Waals surface area contributed by atoms with Crippen molar-refractivity contribution in [1.29, 1.82) is 0 Å². The molecule has 7 heavy (non-hydrogen) atoms.